The third-order valence-electron chi connectivity index (χ3n) is 5.64. The van der Waals surface area contributed by atoms with Crippen molar-refractivity contribution in [3.05, 3.63) is 80.3 Å². The molecule has 8 nitrogen and oxygen atoms in total. The number of anilines is 1. The number of aromatic nitrogens is 1. The molecule has 1 fully saturated rings. The molecule has 1 aromatic heterocycles. The minimum Gasteiger partial charge on any atom is -0.507 e. The van der Waals surface area contributed by atoms with Crippen LogP contribution < -0.4 is 9.64 Å². The second-order valence-electron chi connectivity index (χ2n) is 7.81. The summed E-state index contributed by atoms with van der Waals surface area (Å²) in [7, 11) is 2.78. The molecule has 3 aromatic rings. The van der Waals surface area contributed by atoms with Crippen molar-refractivity contribution in [2.24, 2.45) is 0 Å². The fourth-order valence-electron chi connectivity index (χ4n) is 3.97. The van der Waals surface area contributed by atoms with Gasteiger partial charge in [-0.3, -0.25) is 14.5 Å². The van der Waals surface area contributed by atoms with Gasteiger partial charge in [-0.1, -0.05) is 35.1 Å². The highest BCUT2D eigenvalue weighted by atomic mass is 35.5. The number of rotatable bonds is 5. The van der Waals surface area contributed by atoms with E-state index in [2.05, 4.69) is 4.98 Å². The Hall–Kier alpha value is -3.69. The first-order chi connectivity index (χ1) is 16.7. The number of nitrogens with zero attached hydrogens (tertiary/aromatic N) is 2. The number of esters is 1. The lowest BCUT2D eigenvalue weighted by Gasteiger charge is -2.23. The first kappa shape index (κ1) is 24.4. The SMILES string of the molecule is COC(=O)c1sc(N2C(=O)C(=O)/C(=C(/O)c3ccc(OC)c(C)c3)[C@@H]2c2cccc(Cl)c2)nc1C. The van der Waals surface area contributed by atoms with Crippen LogP contribution in [-0.2, 0) is 14.3 Å². The van der Waals surface area contributed by atoms with Crippen LogP contribution in [0.25, 0.3) is 5.76 Å². The smallest absolute Gasteiger partial charge is 0.350 e. The molecule has 2 aromatic carbocycles. The molecule has 4 rings (SSSR count). The molecule has 35 heavy (non-hydrogen) atoms. The Labute approximate surface area is 210 Å². The van der Waals surface area contributed by atoms with E-state index in [1.165, 1.54) is 19.1 Å². The molecule has 0 saturated carbocycles. The molecule has 0 unspecified atom stereocenters. The number of hydrogen-bond acceptors (Lipinski definition) is 8. The zero-order valence-electron chi connectivity index (χ0n) is 19.3. The summed E-state index contributed by atoms with van der Waals surface area (Å²) in [6, 6.07) is 10.6. The largest absolute Gasteiger partial charge is 0.507 e. The third kappa shape index (κ3) is 4.28. The van der Waals surface area contributed by atoms with Gasteiger partial charge in [0.1, 0.15) is 16.4 Å². The van der Waals surface area contributed by atoms with Crippen molar-refractivity contribution in [1.82, 2.24) is 4.98 Å². The molecule has 1 atom stereocenters. The highest BCUT2D eigenvalue weighted by molar-refractivity contribution is 7.17. The minimum atomic E-state index is -1.02. The van der Waals surface area contributed by atoms with Crippen molar-refractivity contribution in [2.45, 2.75) is 19.9 Å². The molecule has 1 aliphatic heterocycles. The lowest BCUT2D eigenvalue weighted by atomic mass is 9.95. The van der Waals surface area contributed by atoms with Gasteiger partial charge in [0, 0.05) is 10.6 Å². The number of thiazole rings is 1. The molecule has 1 amide bonds. The Bertz CT molecular complexity index is 1400. The lowest BCUT2D eigenvalue weighted by molar-refractivity contribution is -0.132. The average molecular weight is 513 g/mol. The molecular formula is C25H21ClN2O6S. The standard InChI is InChI=1S/C25H21ClN2O6S/c1-12-10-15(8-9-17(12)33-3)20(29)18-19(14-6-5-7-16(26)11-14)28(23(31)21(18)30)25-27-13(2)22(35-25)24(32)34-4/h5-11,19,29H,1-4H3/b20-18+/t19-/m0/s1. The second-order valence-corrected chi connectivity index (χ2v) is 9.23. The number of Topliss-reactive ketones (excluding diaryl/α,β-unsaturated/α-hetero) is 1. The third-order valence-corrected chi connectivity index (χ3v) is 7.01. The number of aliphatic hydroxyl groups excluding tert-OH is 1. The van der Waals surface area contributed by atoms with E-state index in [4.69, 9.17) is 21.1 Å². The normalized spacial score (nSPS) is 17.1. The van der Waals surface area contributed by atoms with Crippen LogP contribution in [0.1, 0.15) is 38.1 Å². The van der Waals surface area contributed by atoms with Crippen LogP contribution in [0.5, 0.6) is 5.75 Å². The number of ketones is 1. The predicted molar refractivity (Wildman–Crippen MR) is 132 cm³/mol. The van der Waals surface area contributed by atoms with E-state index in [0.29, 0.717) is 27.6 Å². The molecule has 10 heteroatoms. The molecule has 1 saturated heterocycles. The summed E-state index contributed by atoms with van der Waals surface area (Å²) in [5.41, 5.74) is 1.82. The van der Waals surface area contributed by atoms with E-state index in [0.717, 1.165) is 16.9 Å². The number of methoxy groups -OCH3 is 2. The van der Waals surface area contributed by atoms with Crippen LogP contribution in [-0.4, -0.2) is 42.0 Å². The zero-order valence-corrected chi connectivity index (χ0v) is 20.9. The summed E-state index contributed by atoms with van der Waals surface area (Å²) >= 11 is 7.15. The van der Waals surface area contributed by atoms with Crippen LogP contribution in [0.2, 0.25) is 5.02 Å². The molecule has 0 aliphatic carbocycles. The quantitative estimate of drug-likeness (QED) is 0.226. The van der Waals surface area contributed by atoms with E-state index in [1.807, 2.05) is 0 Å². The molecule has 180 valence electrons. The molecule has 1 aliphatic rings. The summed E-state index contributed by atoms with van der Waals surface area (Å²) in [6.45, 7) is 3.41. The van der Waals surface area contributed by atoms with E-state index >= 15 is 0 Å². The number of halogens is 1. The second kappa shape index (κ2) is 9.52. The van der Waals surface area contributed by atoms with Gasteiger partial charge < -0.3 is 14.6 Å². The van der Waals surface area contributed by atoms with E-state index in [9.17, 15) is 19.5 Å². The van der Waals surface area contributed by atoms with Gasteiger partial charge in [0.25, 0.3) is 5.78 Å². The topological polar surface area (TPSA) is 106 Å². The van der Waals surface area contributed by atoms with Gasteiger partial charge >= 0.3 is 11.9 Å². The van der Waals surface area contributed by atoms with Crippen molar-refractivity contribution >= 4 is 51.5 Å². The number of aryl methyl sites for hydroxylation is 2. The highest BCUT2D eigenvalue weighted by Crippen LogP contribution is 2.44. The molecule has 0 spiro atoms. The Morgan fingerprint density at radius 1 is 1.14 bits per heavy atom. The average Bonchev–Trinajstić information content (AvgIpc) is 3.34. The number of carbonyl (C=O) groups is 3. The van der Waals surface area contributed by atoms with Gasteiger partial charge in [-0.25, -0.2) is 9.78 Å². The maximum absolute atomic E-state index is 13.3. The predicted octanol–water partition coefficient (Wildman–Crippen LogP) is 4.83. The highest BCUT2D eigenvalue weighted by Gasteiger charge is 2.48. The summed E-state index contributed by atoms with van der Waals surface area (Å²) in [5.74, 6) is -2.10. The Morgan fingerprint density at radius 3 is 2.51 bits per heavy atom. The number of ether oxygens (including phenoxy) is 2. The molecule has 1 N–H and O–H groups in total. The van der Waals surface area contributed by atoms with Crippen molar-refractivity contribution < 1.29 is 29.0 Å². The monoisotopic (exact) mass is 512 g/mol. The zero-order chi connectivity index (χ0) is 25.4. The number of aliphatic hydroxyl groups is 1. The maximum Gasteiger partial charge on any atom is 0.350 e. The Balaban J connectivity index is 1.94. The van der Waals surface area contributed by atoms with Crippen molar-refractivity contribution in [3.63, 3.8) is 0 Å². The molecular weight excluding hydrogens is 492 g/mol. The lowest BCUT2D eigenvalue weighted by Crippen LogP contribution is -2.29. The van der Waals surface area contributed by atoms with E-state index in [1.54, 1.807) is 56.3 Å². The number of amides is 1. The van der Waals surface area contributed by atoms with Crippen molar-refractivity contribution in [3.8, 4) is 5.75 Å². The van der Waals surface area contributed by atoms with Gasteiger partial charge in [-0.2, -0.15) is 0 Å². The first-order valence-corrected chi connectivity index (χ1v) is 11.6. The van der Waals surface area contributed by atoms with Crippen LogP contribution in [0.3, 0.4) is 0 Å². The van der Waals surface area contributed by atoms with Gasteiger partial charge in [0.15, 0.2) is 5.13 Å². The Morgan fingerprint density at radius 2 is 1.89 bits per heavy atom. The van der Waals surface area contributed by atoms with E-state index < -0.39 is 23.7 Å². The van der Waals surface area contributed by atoms with Crippen molar-refractivity contribution in [1.29, 1.82) is 0 Å². The minimum absolute atomic E-state index is 0.116. The van der Waals surface area contributed by atoms with Crippen LogP contribution in [0, 0.1) is 13.8 Å². The number of carbonyl (C=O) groups excluding carboxylic acids is 3. The summed E-state index contributed by atoms with van der Waals surface area (Å²) in [5, 5.41) is 11.8. The van der Waals surface area contributed by atoms with E-state index in [-0.39, 0.29) is 21.3 Å². The summed E-state index contributed by atoms with van der Waals surface area (Å²) in [4.78, 5) is 44.5. The van der Waals surface area contributed by atoms with Gasteiger partial charge in [0.2, 0.25) is 0 Å². The van der Waals surface area contributed by atoms with Crippen LogP contribution in [0.15, 0.2) is 48.0 Å². The molecule has 2 heterocycles. The van der Waals surface area contributed by atoms with Gasteiger partial charge in [-0.15, -0.1) is 0 Å². The Kier molecular flexibility index (Phi) is 6.64. The summed E-state index contributed by atoms with van der Waals surface area (Å²) < 4.78 is 10.1. The first-order valence-electron chi connectivity index (χ1n) is 10.4. The fourth-order valence-corrected chi connectivity index (χ4v) is 5.18. The molecule has 0 bridgehead atoms. The number of benzene rings is 2. The maximum atomic E-state index is 13.3. The number of hydrogen-bond donors (Lipinski definition) is 1. The summed E-state index contributed by atoms with van der Waals surface area (Å²) in [6.07, 6.45) is 0. The molecule has 0 radical (unpaired) electrons. The van der Waals surface area contributed by atoms with Crippen LogP contribution in [0.4, 0.5) is 5.13 Å². The van der Waals surface area contributed by atoms with Crippen LogP contribution >= 0.6 is 22.9 Å². The van der Waals surface area contributed by atoms with Gasteiger partial charge in [-0.05, 0) is 55.3 Å². The van der Waals surface area contributed by atoms with Crippen molar-refractivity contribution in [2.75, 3.05) is 19.1 Å². The fraction of sp³-hybridized carbons (Fsp3) is 0.200. The van der Waals surface area contributed by atoms with Gasteiger partial charge in [0.05, 0.1) is 31.5 Å².